The van der Waals surface area contributed by atoms with Gasteiger partial charge >= 0.3 is 0 Å². The lowest BCUT2D eigenvalue weighted by molar-refractivity contribution is 0.0784. The molecule has 1 aromatic heterocycles. The van der Waals surface area contributed by atoms with Crippen molar-refractivity contribution < 1.29 is 4.79 Å². The number of hydrogen-bond donors (Lipinski definition) is 0. The van der Waals surface area contributed by atoms with Crippen molar-refractivity contribution in [3.63, 3.8) is 0 Å². The Labute approximate surface area is 196 Å². The van der Waals surface area contributed by atoms with Crippen LogP contribution < -0.4 is 0 Å². The van der Waals surface area contributed by atoms with E-state index in [1.807, 2.05) is 72.9 Å². The highest BCUT2D eigenvalue weighted by atomic mass is 35.5. The molecule has 1 unspecified atom stereocenters. The summed E-state index contributed by atoms with van der Waals surface area (Å²) in [5, 5.41) is 0. The van der Waals surface area contributed by atoms with E-state index in [2.05, 4.69) is 52.1 Å². The smallest absolute Gasteiger partial charge is 0.253 e. The third kappa shape index (κ3) is 5.86. The number of aromatic nitrogens is 2. The average Bonchev–Trinajstić information content (AvgIpc) is 3.32. The second kappa shape index (κ2) is 11.3. The summed E-state index contributed by atoms with van der Waals surface area (Å²) in [4.78, 5) is 19.3. The van der Waals surface area contributed by atoms with Crippen LogP contribution in [0.25, 0.3) is 11.3 Å². The quantitative estimate of drug-likeness (QED) is 0.337. The van der Waals surface area contributed by atoms with Gasteiger partial charge in [-0.05, 0) is 24.1 Å². The highest BCUT2D eigenvalue weighted by molar-refractivity contribution is 5.94. The Morgan fingerprint density at radius 1 is 0.906 bits per heavy atom. The van der Waals surface area contributed by atoms with Crippen LogP contribution in [0, 0.1) is 0 Å². The monoisotopic (exact) mass is 445 g/mol. The maximum Gasteiger partial charge on any atom is 0.253 e. The van der Waals surface area contributed by atoms with E-state index in [0.29, 0.717) is 6.54 Å². The van der Waals surface area contributed by atoms with E-state index in [1.54, 1.807) is 0 Å². The fourth-order valence-corrected chi connectivity index (χ4v) is 3.85. The summed E-state index contributed by atoms with van der Waals surface area (Å²) >= 11 is 0. The zero-order chi connectivity index (χ0) is 21.5. The molecule has 0 bridgehead atoms. The number of nitrogens with zero attached hydrogens (tertiary/aromatic N) is 3. The number of aryl methyl sites for hydroxylation is 1. The number of likely N-dealkylation sites (N-methyl/N-ethyl adjacent to an activating group) is 1. The molecule has 4 aromatic rings. The molecule has 4 nitrogen and oxygen atoms in total. The van der Waals surface area contributed by atoms with Gasteiger partial charge in [-0.3, -0.25) is 4.79 Å². The zero-order valence-corrected chi connectivity index (χ0v) is 19.0. The molecule has 1 amide bonds. The van der Waals surface area contributed by atoms with Crippen LogP contribution in [0.4, 0.5) is 0 Å². The Kier molecular flexibility index (Phi) is 8.23. The summed E-state index contributed by atoms with van der Waals surface area (Å²) in [6.07, 6.45) is 4.90. The molecule has 164 valence electrons. The van der Waals surface area contributed by atoms with Gasteiger partial charge in [0.05, 0.1) is 12.0 Å². The second-order valence-electron chi connectivity index (χ2n) is 7.81. The molecule has 5 heteroatoms. The van der Waals surface area contributed by atoms with E-state index in [4.69, 9.17) is 0 Å². The van der Waals surface area contributed by atoms with E-state index in [9.17, 15) is 4.79 Å². The van der Waals surface area contributed by atoms with Crippen LogP contribution >= 0.6 is 12.4 Å². The Hall–Kier alpha value is -3.37. The number of imidazole rings is 1. The third-order valence-corrected chi connectivity index (χ3v) is 5.57. The van der Waals surface area contributed by atoms with Crippen molar-refractivity contribution in [2.24, 2.45) is 0 Å². The summed E-state index contributed by atoms with van der Waals surface area (Å²) in [7, 11) is 1.88. The van der Waals surface area contributed by atoms with Gasteiger partial charge in [0.2, 0.25) is 0 Å². The molecule has 4 rings (SSSR count). The van der Waals surface area contributed by atoms with Gasteiger partial charge < -0.3 is 9.47 Å². The van der Waals surface area contributed by atoms with E-state index < -0.39 is 0 Å². The number of amides is 1. The van der Waals surface area contributed by atoms with E-state index in [0.717, 1.165) is 29.8 Å². The van der Waals surface area contributed by atoms with Crippen molar-refractivity contribution in [1.29, 1.82) is 0 Å². The molecule has 0 fully saturated rings. The summed E-state index contributed by atoms with van der Waals surface area (Å²) in [5.74, 6) is 0.289. The molecule has 3 aromatic carbocycles. The first-order chi connectivity index (χ1) is 15.2. The van der Waals surface area contributed by atoms with Crippen molar-refractivity contribution in [3.05, 3.63) is 115 Å². The molecule has 0 saturated carbocycles. The molecule has 0 aliphatic heterocycles. The van der Waals surface area contributed by atoms with Gasteiger partial charge in [0, 0.05) is 43.4 Å². The molecule has 1 atom stereocenters. The van der Waals surface area contributed by atoms with Gasteiger partial charge in [0.1, 0.15) is 0 Å². The lowest BCUT2D eigenvalue weighted by Crippen LogP contribution is -2.31. The second-order valence-corrected chi connectivity index (χ2v) is 7.81. The van der Waals surface area contributed by atoms with Crippen molar-refractivity contribution in [2.75, 3.05) is 13.6 Å². The summed E-state index contributed by atoms with van der Waals surface area (Å²) in [6, 6.07) is 30.1. The lowest BCUT2D eigenvalue weighted by atomic mass is 9.95. The highest BCUT2D eigenvalue weighted by Gasteiger charge is 2.19. The highest BCUT2D eigenvalue weighted by Crippen LogP contribution is 2.23. The van der Waals surface area contributed by atoms with Crippen molar-refractivity contribution in [3.8, 4) is 11.3 Å². The third-order valence-electron chi connectivity index (χ3n) is 5.57. The minimum Gasteiger partial charge on any atom is -0.341 e. The van der Waals surface area contributed by atoms with Gasteiger partial charge in [-0.1, -0.05) is 78.9 Å². The fourth-order valence-electron chi connectivity index (χ4n) is 3.85. The van der Waals surface area contributed by atoms with Gasteiger partial charge in [-0.25, -0.2) is 4.98 Å². The average molecular weight is 446 g/mol. The Bertz CT molecular complexity index is 1100. The van der Waals surface area contributed by atoms with E-state index >= 15 is 0 Å². The topological polar surface area (TPSA) is 38.1 Å². The Balaban J connectivity index is 0.00000289. The van der Waals surface area contributed by atoms with Gasteiger partial charge in [0.15, 0.2) is 0 Å². The zero-order valence-electron chi connectivity index (χ0n) is 18.2. The molecule has 0 spiro atoms. The molecule has 0 aliphatic carbocycles. The standard InChI is InChI=1S/C27H27N3O.ClH/c1-29(27(31)24-15-9-4-10-16-24)19-25(22-11-5-2-6-12-22)17-18-30-20-26(28-21-30)23-13-7-3-8-14-23;/h2-16,20-21,25H,17-19H2,1H3;1H. The molecule has 0 N–H and O–H groups in total. The Morgan fingerprint density at radius 2 is 1.50 bits per heavy atom. The number of rotatable bonds is 8. The predicted octanol–water partition coefficient (Wildman–Crippen LogP) is 5.92. The van der Waals surface area contributed by atoms with E-state index in [-0.39, 0.29) is 24.2 Å². The summed E-state index contributed by atoms with van der Waals surface area (Å²) in [6.45, 7) is 1.50. The first kappa shape index (κ1) is 23.3. The number of halogens is 1. The predicted molar refractivity (Wildman–Crippen MR) is 132 cm³/mol. The molecule has 0 aliphatic rings. The Morgan fingerprint density at radius 3 is 2.16 bits per heavy atom. The van der Waals surface area contributed by atoms with Crippen LogP contribution in [0.3, 0.4) is 0 Å². The summed E-state index contributed by atoms with van der Waals surface area (Å²) in [5.41, 5.74) is 4.07. The van der Waals surface area contributed by atoms with Crippen LogP contribution in [0.5, 0.6) is 0 Å². The molecule has 1 heterocycles. The number of benzene rings is 3. The molecular formula is C27H28ClN3O. The van der Waals surface area contributed by atoms with Gasteiger partial charge in [-0.15, -0.1) is 12.4 Å². The first-order valence-electron chi connectivity index (χ1n) is 10.6. The molecule has 0 saturated heterocycles. The maximum atomic E-state index is 12.9. The van der Waals surface area contributed by atoms with Crippen LogP contribution in [0.2, 0.25) is 0 Å². The van der Waals surface area contributed by atoms with Crippen LogP contribution in [-0.2, 0) is 6.54 Å². The van der Waals surface area contributed by atoms with Crippen LogP contribution in [-0.4, -0.2) is 34.0 Å². The SMILES string of the molecule is CN(CC(CCn1cnc(-c2ccccc2)c1)c1ccccc1)C(=O)c1ccccc1.Cl. The minimum atomic E-state index is 0. The van der Waals surface area contributed by atoms with Crippen molar-refractivity contribution >= 4 is 18.3 Å². The van der Waals surface area contributed by atoms with E-state index in [1.165, 1.54) is 5.56 Å². The van der Waals surface area contributed by atoms with Crippen LogP contribution in [0.15, 0.2) is 104 Å². The van der Waals surface area contributed by atoms with Crippen molar-refractivity contribution in [2.45, 2.75) is 18.9 Å². The summed E-state index contributed by atoms with van der Waals surface area (Å²) < 4.78 is 2.14. The van der Waals surface area contributed by atoms with Crippen molar-refractivity contribution in [1.82, 2.24) is 14.5 Å². The molecular weight excluding hydrogens is 418 g/mol. The maximum absolute atomic E-state index is 12.9. The number of carbonyl (C=O) groups excluding carboxylic acids is 1. The number of hydrogen-bond acceptors (Lipinski definition) is 2. The van der Waals surface area contributed by atoms with Gasteiger partial charge in [0.25, 0.3) is 5.91 Å². The number of carbonyl (C=O) groups is 1. The van der Waals surface area contributed by atoms with Gasteiger partial charge in [-0.2, -0.15) is 0 Å². The lowest BCUT2D eigenvalue weighted by Gasteiger charge is -2.25. The fraction of sp³-hybridized carbons (Fsp3) is 0.185. The first-order valence-corrected chi connectivity index (χ1v) is 10.6. The normalized spacial score (nSPS) is 11.4. The minimum absolute atomic E-state index is 0. The molecule has 32 heavy (non-hydrogen) atoms. The largest absolute Gasteiger partial charge is 0.341 e. The molecule has 0 radical (unpaired) electrons. The van der Waals surface area contributed by atoms with Crippen LogP contribution in [0.1, 0.15) is 28.3 Å².